The molecule has 0 atom stereocenters. The molecule has 1 amide bonds. The summed E-state index contributed by atoms with van der Waals surface area (Å²) >= 11 is 0. The minimum Gasteiger partial charge on any atom is -0.355 e. The summed E-state index contributed by atoms with van der Waals surface area (Å²) in [5.74, 6) is 1.10. The lowest BCUT2D eigenvalue weighted by atomic mass is 10.1. The van der Waals surface area contributed by atoms with Crippen molar-refractivity contribution < 1.29 is 9.18 Å². The smallest absolute Gasteiger partial charge is 0.224 e. The van der Waals surface area contributed by atoms with Gasteiger partial charge in [0.05, 0.1) is 0 Å². The summed E-state index contributed by atoms with van der Waals surface area (Å²) in [6.45, 7) is 3.78. The van der Waals surface area contributed by atoms with Crippen molar-refractivity contribution in [3.8, 4) is 0 Å². The molecule has 1 N–H and O–H groups in total. The first kappa shape index (κ1) is 18.3. The molecule has 8 heteroatoms. The Hall–Kier alpha value is -3.03. The second-order valence-corrected chi connectivity index (χ2v) is 7.13. The molecule has 7 nitrogen and oxygen atoms in total. The lowest BCUT2D eigenvalue weighted by Crippen LogP contribution is -2.30. The summed E-state index contributed by atoms with van der Waals surface area (Å²) in [5, 5.41) is 15.8. The molecule has 1 saturated heterocycles. The van der Waals surface area contributed by atoms with Crippen molar-refractivity contribution in [2.24, 2.45) is 0 Å². The van der Waals surface area contributed by atoms with E-state index in [0.717, 1.165) is 18.9 Å². The number of amides is 1. The fourth-order valence-corrected chi connectivity index (χ4v) is 3.48. The van der Waals surface area contributed by atoms with Gasteiger partial charge in [-0.25, -0.2) is 4.39 Å². The van der Waals surface area contributed by atoms with E-state index in [0.29, 0.717) is 29.1 Å². The number of hydrogen-bond acceptors (Lipinski definition) is 5. The van der Waals surface area contributed by atoms with Crippen LogP contribution in [0.5, 0.6) is 0 Å². The third-order valence-electron chi connectivity index (χ3n) is 5.03. The topological polar surface area (TPSA) is 75.4 Å². The van der Waals surface area contributed by atoms with Crippen LogP contribution in [0.15, 0.2) is 30.3 Å². The summed E-state index contributed by atoms with van der Waals surface area (Å²) in [6.07, 6.45) is 4.28. The van der Waals surface area contributed by atoms with Crippen LogP contribution in [0, 0.1) is 12.7 Å². The normalized spacial score (nSPS) is 14.4. The van der Waals surface area contributed by atoms with E-state index in [1.807, 2.05) is 12.1 Å². The number of carbonyl (C=O) groups excluding carboxylic acids is 1. The van der Waals surface area contributed by atoms with E-state index in [1.54, 1.807) is 17.5 Å². The Kier molecular flexibility index (Phi) is 5.18. The number of nitrogens with zero attached hydrogens (tertiary/aromatic N) is 5. The average molecular weight is 382 g/mol. The van der Waals surface area contributed by atoms with Crippen molar-refractivity contribution in [2.75, 3.05) is 23.3 Å². The number of anilines is 2. The maximum absolute atomic E-state index is 13.2. The Balaban J connectivity index is 1.44. The van der Waals surface area contributed by atoms with E-state index in [2.05, 4.69) is 25.5 Å². The standard InChI is InChI=1S/C20H23FN6O/c1-14-13-15(21)5-6-16(14)22-20(28)10-9-18-24-23-17-7-8-19(25-27(17)18)26-11-3-2-4-12-26/h5-8,13H,2-4,9-12H2,1H3,(H,22,28). The zero-order valence-electron chi connectivity index (χ0n) is 15.9. The maximum Gasteiger partial charge on any atom is 0.224 e. The molecule has 1 aromatic carbocycles. The molecule has 0 saturated carbocycles. The molecule has 0 bridgehead atoms. The van der Waals surface area contributed by atoms with Gasteiger partial charge in [0.15, 0.2) is 11.5 Å². The molecular weight excluding hydrogens is 359 g/mol. The van der Waals surface area contributed by atoms with Gasteiger partial charge in [0.2, 0.25) is 5.91 Å². The molecule has 28 heavy (non-hydrogen) atoms. The fourth-order valence-electron chi connectivity index (χ4n) is 3.48. The summed E-state index contributed by atoms with van der Waals surface area (Å²) in [6, 6.07) is 8.19. The zero-order chi connectivity index (χ0) is 19.5. The fraction of sp³-hybridized carbons (Fsp3) is 0.400. The summed E-state index contributed by atoms with van der Waals surface area (Å²) in [7, 11) is 0. The predicted molar refractivity (Wildman–Crippen MR) is 105 cm³/mol. The molecule has 1 aliphatic heterocycles. The molecule has 146 valence electrons. The van der Waals surface area contributed by atoms with Crippen LogP contribution >= 0.6 is 0 Å². The van der Waals surface area contributed by atoms with Crippen LogP contribution in [0.2, 0.25) is 0 Å². The maximum atomic E-state index is 13.2. The summed E-state index contributed by atoms with van der Waals surface area (Å²) < 4.78 is 14.9. The van der Waals surface area contributed by atoms with Gasteiger partial charge in [-0.1, -0.05) is 0 Å². The van der Waals surface area contributed by atoms with E-state index >= 15 is 0 Å². The number of carbonyl (C=O) groups is 1. The number of nitrogens with one attached hydrogen (secondary N) is 1. The lowest BCUT2D eigenvalue weighted by molar-refractivity contribution is -0.116. The first-order valence-corrected chi connectivity index (χ1v) is 9.62. The van der Waals surface area contributed by atoms with E-state index in [9.17, 15) is 9.18 Å². The Bertz CT molecular complexity index is 996. The van der Waals surface area contributed by atoms with Crippen LogP contribution in [0.1, 0.15) is 37.1 Å². The van der Waals surface area contributed by atoms with Gasteiger partial charge in [0.25, 0.3) is 0 Å². The van der Waals surface area contributed by atoms with Crippen molar-refractivity contribution in [2.45, 2.75) is 39.0 Å². The highest BCUT2D eigenvalue weighted by molar-refractivity contribution is 5.91. The van der Waals surface area contributed by atoms with Crippen LogP contribution in [-0.2, 0) is 11.2 Å². The van der Waals surface area contributed by atoms with Crippen molar-refractivity contribution in [3.63, 3.8) is 0 Å². The summed E-state index contributed by atoms with van der Waals surface area (Å²) in [4.78, 5) is 14.6. The van der Waals surface area contributed by atoms with Crippen LogP contribution in [0.3, 0.4) is 0 Å². The van der Waals surface area contributed by atoms with E-state index in [4.69, 9.17) is 0 Å². The Labute approximate surface area is 162 Å². The quantitative estimate of drug-likeness (QED) is 0.734. The number of fused-ring (bicyclic) bond motifs is 1. The molecule has 4 rings (SSSR count). The second kappa shape index (κ2) is 7.92. The molecule has 2 aromatic heterocycles. The largest absolute Gasteiger partial charge is 0.355 e. The van der Waals surface area contributed by atoms with Crippen LogP contribution in [0.25, 0.3) is 5.65 Å². The Morgan fingerprint density at radius 1 is 1.14 bits per heavy atom. The minimum atomic E-state index is -0.319. The van der Waals surface area contributed by atoms with Gasteiger partial charge in [0.1, 0.15) is 11.6 Å². The molecule has 0 aliphatic carbocycles. The molecular formula is C20H23FN6O. The van der Waals surface area contributed by atoms with Gasteiger partial charge in [-0.15, -0.1) is 15.3 Å². The van der Waals surface area contributed by atoms with E-state index in [1.165, 1.54) is 31.4 Å². The predicted octanol–water partition coefficient (Wildman–Crippen LogP) is 3.13. The van der Waals surface area contributed by atoms with Gasteiger partial charge < -0.3 is 10.2 Å². The number of piperidine rings is 1. The van der Waals surface area contributed by atoms with Gasteiger partial charge in [-0.05, 0) is 62.1 Å². The first-order valence-electron chi connectivity index (χ1n) is 9.62. The number of benzene rings is 1. The third-order valence-corrected chi connectivity index (χ3v) is 5.03. The number of rotatable bonds is 5. The summed E-state index contributed by atoms with van der Waals surface area (Å²) in [5.41, 5.74) is 1.97. The molecule has 1 aliphatic rings. The number of halogens is 1. The SMILES string of the molecule is Cc1cc(F)ccc1NC(=O)CCc1nnc2ccc(N3CCCCC3)nn12. The van der Waals surface area contributed by atoms with Crippen molar-refractivity contribution in [3.05, 3.63) is 47.5 Å². The zero-order valence-corrected chi connectivity index (χ0v) is 15.9. The molecule has 0 spiro atoms. The average Bonchev–Trinajstić information content (AvgIpc) is 3.11. The van der Waals surface area contributed by atoms with E-state index in [-0.39, 0.29) is 18.1 Å². The number of hydrogen-bond donors (Lipinski definition) is 1. The van der Waals surface area contributed by atoms with Crippen LogP contribution < -0.4 is 10.2 Å². The minimum absolute atomic E-state index is 0.154. The highest BCUT2D eigenvalue weighted by Gasteiger charge is 2.15. The van der Waals surface area contributed by atoms with E-state index < -0.39 is 0 Å². The Morgan fingerprint density at radius 2 is 1.96 bits per heavy atom. The van der Waals surface area contributed by atoms with Crippen LogP contribution in [0.4, 0.5) is 15.9 Å². The molecule has 3 aromatic rings. The van der Waals surface area contributed by atoms with Gasteiger partial charge in [0, 0.05) is 31.6 Å². The van der Waals surface area contributed by atoms with Gasteiger partial charge in [-0.2, -0.15) is 4.52 Å². The number of aromatic nitrogens is 4. The first-order chi connectivity index (χ1) is 13.6. The lowest BCUT2D eigenvalue weighted by Gasteiger charge is -2.27. The van der Waals surface area contributed by atoms with Crippen molar-refractivity contribution in [1.82, 2.24) is 19.8 Å². The van der Waals surface area contributed by atoms with Crippen LogP contribution in [-0.4, -0.2) is 38.8 Å². The third kappa shape index (κ3) is 3.95. The number of aryl methyl sites for hydroxylation is 2. The molecule has 0 unspecified atom stereocenters. The monoisotopic (exact) mass is 382 g/mol. The highest BCUT2D eigenvalue weighted by atomic mass is 19.1. The molecule has 1 fully saturated rings. The van der Waals surface area contributed by atoms with Crippen molar-refractivity contribution in [1.29, 1.82) is 0 Å². The molecule has 3 heterocycles. The van der Waals surface area contributed by atoms with Gasteiger partial charge in [-0.3, -0.25) is 4.79 Å². The second-order valence-electron chi connectivity index (χ2n) is 7.13. The Morgan fingerprint density at radius 3 is 2.75 bits per heavy atom. The molecule has 0 radical (unpaired) electrons. The van der Waals surface area contributed by atoms with Crippen molar-refractivity contribution >= 4 is 23.1 Å². The van der Waals surface area contributed by atoms with Gasteiger partial charge >= 0.3 is 0 Å². The highest BCUT2D eigenvalue weighted by Crippen LogP contribution is 2.19.